The average Bonchev–Trinajstić information content (AvgIpc) is 1.59. The third kappa shape index (κ3) is 18.7. The molecule has 0 radical (unpaired) electrons. The molecule has 0 aliphatic heterocycles. The van der Waals surface area contributed by atoms with Crippen LogP contribution in [-0.4, -0.2) is 24.9 Å². The Morgan fingerprint density at radius 2 is 1.64 bits per heavy atom. The molecule has 0 aromatic heterocycles. The van der Waals surface area contributed by atoms with E-state index in [1.807, 2.05) is 0 Å². The Balaban J connectivity index is -0.000000320. The number of hydrogen-bond acceptors (Lipinski definition) is 5. The summed E-state index contributed by atoms with van der Waals surface area (Å²) >= 11 is 0. The van der Waals surface area contributed by atoms with Crippen LogP contribution < -0.4 is 64.0 Å². The SMILES string of the molecule is O=[P+]([O-])CCS(=O)(=O)[O-].[Na+].[Na+]. The molecule has 0 bridgehead atoms. The summed E-state index contributed by atoms with van der Waals surface area (Å²) in [6, 6.07) is 0. The van der Waals surface area contributed by atoms with Crippen molar-refractivity contribution >= 4 is 18.1 Å². The Morgan fingerprint density at radius 3 is 1.73 bits per heavy atom. The molecule has 0 spiro atoms. The average molecular weight is 217 g/mol. The Morgan fingerprint density at radius 1 is 1.27 bits per heavy atom. The summed E-state index contributed by atoms with van der Waals surface area (Å²) in [4.78, 5) is 9.68. The zero-order valence-corrected chi connectivity index (χ0v) is 12.0. The van der Waals surface area contributed by atoms with Crippen LogP contribution >= 0.6 is 8.03 Å². The van der Waals surface area contributed by atoms with Gasteiger partial charge in [0.2, 0.25) is 0 Å². The molecule has 0 saturated heterocycles. The summed E-state index contributed by atoms with van der Waals surface area (Å²) in [6.45, 7) is 0. The summed E-state index contributed by atoms with van der Waals surface area (Å²) < 4.78 is 38.8. The van der Waals surface area contributed by atoms with E-state index >= 15 is 0 Å². The Hall–Kier alpha value is 1.97. The van der Waals surface area contributed by atoms with E-state index in [2.05, 4.69) is 0 Å². The minimum atomic E-state index is -4.35. The van der Waals surface area contributed by atoms with Crippen LogP contribution in [0.4, 0.5) is 0 Å². The van der Waals surface area contributed by atoms with Crippen LogP contribution in [0.3, 0.4) is 0 Å². The molecule has 54 valence electrons. The fraction of sp³-hybridized carbons (Fsp3) is 1.00. The van der Waals surface area contributed by atoms with E-state index in [-0.39, 0.29) is 59.1 Å². The van der Waals surface area contributed by atoms with Crippen molar-refractivity contribution in [2.75, 3.05) is 11.9 Å². The second-order valence-electron chi connectivity index (χ2n) is 1.32. The van der Waals surface area contributed by atoms with Crippen LogP contribution in [0.2, 0.25) is 0 Å². The Kier molecular flexibility index (Phi) is 14.6. The van der Waals surface area contributed by atoms with E-state index in [0.717, 1.165) is 0 Å². The summed E-state index contributed by atoms with van der Waals surface area (Å²) in [7, 11) is -7.10. The molecule has 0 aliphatic carbocycles. The van der Waals surface area contributed by atoms with Crippen LogP contribution in [0.25, 0.3) is 0 Å². The maximum atomic E-state index is 9.71. The molecule has 0 fully saturated rings. The summed E-state index contributed by atoms with van der Waals surface area (Å²) in [5, 5.41) is 0. The first-order valence-electron chi connectivity index (χ1n) is 1.97. The van der Waals surface area contributed by atoms with Crippen LogP contribution in [0, 0.1) is 0 Å². The molecule has 0 aromatic rings. The molecule has 0 rings (SSSR count). The van der Waals surface area contributed by atoms with Crippen molar-refractivity contribution in [3.05, 3.63) is 0 Å². The Labute approximate surface area is 110 Å². The molecule has 0 aliphatic rings. The van der Waals surface area contributed by atoms with Gasteiger partial charge in [-0.2, -0.15) is 0 Å². The second kappa shape index (κ2) is 8.56. The topological polar surface area (TPSA) is 97.3 Å². The molecule has 0 heterocycles. The van der Waals surface area contributed by atoms with Gasteiger partial charge < -0.3 is 9.45 Å². The first-order chi connectivity index (χ1) is 3.92. The predicted molar refractivity (Wildman–Crippen MR) is 27.0 cm³/mol. The molecule has 0 aromatic carbocycles. The van der Waals surface area contributed by atoms with E-state index in [4.69, 9.17) is 0 Å². The molecular weight excluding hydrogens is 213 g/mol. The van der Waals surface area contributed by atoms with Crippen LogP contribution in [0.15, 0.2) is 0 Å². The number of rotatable bonds is 3. The fourth-order valence-electron chi connectivity index (χ4n) is 0.186. The van der Waals surface area contributed by atoms with Gasteiger partial charge in [0.05, 0.1) is 15.9 Å². The minimum Gasteiger partial charge on any atom is -0.748 e. The van der Waals surface area contributed by atoms with Crippen LogP contribution in [-0.2, 0) is 14.7 Å². The van der Waals surface area contributed by atoms with Gasteiger partial charge >= 0.3 is 67.1 Å². The van der Waals surface area contributed by atoms with Gasteiger partial charge in [-0.3, -0.25) is 0 Å². The number of hydrogen-bond donors (Lipinski definition) is 0. The van der Waals surface area contributed by atoms with Crippen molar-refractivity contribution in [1.29, 1.82) is 0 Å². The molecule has 1 atom stereocenters. The van der Waals surface area contributed by atoms with E-state index in [0.29, 0.717) is 0 Å². The van der Waals surface area contributed by atoms with Crippen LogP contribution in [0.5, 0.6) is 0 Å². The molecule has 5 nitrogen and oxygen atoms in total. The largest absolute Gasteiger partial charge is 1.00 e. The fourth-order valence-corrected chi connectivity index (χ4v) is 1.68. The van der Waals surface area contributed by atoms with Gasteiger partial charge in [0.25, 0.3) is 0 Å². The maximum Gasteiger partial charge on any atom is 1.00 e. The Bertz CT molecular complexity index is 201. The smallest absolute Gasteiger partial charge is 0.748 e. The monoisotopic (exact) mass is 217 g/mol. The second-order valence-corrected chi connectivity index (χ2v) is 3.95. The molecule has 0 amide bonds. The summed E-state index contributed by atoms with van der Waals surface area (Å²) in [6.07, 6.45) is -0.582. The van der Waals surface area contributed by atoms with E-state index in [1.165, 1.54) is 0 Å². The van der Waals surface area contributed by atoms with E-state index in [9.17, 15) is 22.4 Å². The van der Waals surface area contributed by atoms with Crippen molar-refractivity contribution < 1.29 is 81.5 Å². The zero-order valence-electron chi connectivity index (χ0n) is 6.31. The zero-order chi connectivity index (χ0) is 7.49. The van der Waals surface area contributed by atoms with Gasteiger partial charge in [-0.05, 0) is 0 Å². The van der Waals surface area contributed by atoms with Gasteiger partial charge in [-0.25, -0.2) is 8.42 Å². The summed E-state index contributed by atoms with van der Waals surface area (Å²) in [5.41, 5.74) is 0. The predicted octanol–water partition coefficient (Wildman–Crippen LogP) is -7.36. The third-order valence-corrected chi connectivity index (χ3v) is 2.12. The normalized spacial score (nSPS) is 10.9. The van der Waals surface area contributed by atoms with Gasteiger partial charge in [0.1, 0.15) is 0 Å². The van der Waals surface area contributed by atoms with Crippen molar-refractivity contribution in [1.82, 2.24) is 0 Å². The summed E-state index contributed by atoms with van der Waals surface area (Å²) in [5.74, 6) is -0.828. The minimum absolute atomic E-state index is 0. The van der Waals surface area contributed by atoms with Gasteiger partial charge in [0.15, 0.2) is 6.16 Å². The van der Waals surface area contributed by atoms with E-state index in [1.54, 1.807) is 0 Å². The molecular formula is C2H4Na2O5PS+. The molecule has 0 saturated carbocycles. The molecule has 9 heteroatoms. The molecule has 1 unspecified atom stereocenters. The maximum absolute atomic E-state index is 9.71. The molecule has 0 N–H and O–H groups in total. The third-order valence-electron chi connectivity index (χ3n) is 0.524. The van der Waals surface area contributed by atoms with Crippen LogP contribution in [0.1, 0.15) is 0 Å². The van der Waals surface area contributed by atoms with Gasteiger partial charge in [-0.1, -0.05) is 4.57 Å². The first-order valence-corrected chi connectivity index (χ1v) is 4.91. The standard InChI is InChI=1S/C2H5O5PS.2Na/c3-8(4)1-2-9(5,6)7;;/h1-2H2,(H,5,6,7);;/q;2*+1/p-1. The van der Waals surface area contributed by atoms with Gasteiger partial charge in [-0.15, -0.1) is 0 Å². The van der Waals surface area contributed by atoms with Crippen molar-refractivity contribution in [2.45, 2.75) is 0 Å². The van der Waals surface area contributed by atoms with E-state index < -0.39 is 30.1 Å². The van der Waals surface area contributed by atoms with Crippen molar-refractivity contribution in [3.63, 3.8) is 0 Å². The van der Waals surface area contributed by atoms with Crippen molar-refractivity contribution in [3.8, 4) is 0 Å². The first kappa shape index (κ1) is 18.7. The van der Waals surface area contributed by atoms with Crippen molar-refractivity contribution in [2.24, 2.45) is 0 Å². The quantitative estimate of drug-likeness (QED) is 0.266. The molecule has 11 heavy (non-hydrogen) atoms. The van der Waals surface area contributed by atoms with Gasteiger partial charge in [0, 0.05) is 0 Å².